The highest BCUT2D eigenvalue weighted by molar-refractivity contribution is 7.15. The summed E-state index contributed by atoms with van der Waals surface area (Å²) in [6, 6.07) is 16.2. The lowest BCUT2D eigenvalue weighted by Crippen LogP contribution is -2.53. The van der Waals surface area contributed by atoms with Crippen molar-refractivity contribution in [3.05, 3.63) is 112 Å². The molecule has 2 aliphatic heterocycles. The van der Waals surface area contributed by atoms with E-state index in [0.29, 0.717) is 37.0 Å². The maximum Gasteiger partial charge on any atom is 0.262 e. The number of thiazole rings is 1. The van der Waals surface area contributed by atoms with E-state index in [-0.39, 0.29) is 29.8 Å². The van der Waals surface area contributed by atoms with Gasteiger partial charge in [-0.25, -0.2) is 9.97 Å². The van der Waals surface area contributed by atoms with Crippen molar-refractivity contribution in [2.24, 2.45) is 13.0 Å². The van der Waals surface area contributed by atoms with Gasteiger partial charge >= 0.3 is 0 Å². The fourth-order valence-corrected chi connectivity index (χ4v) is 8.53. The Kier molecular flexibility index (Phi) is 8.86. The van der Waals surface area contributed by atoms with Crippen molar-refractivity contribution < 1.29 is 9.90 Å². The topological polar surface area (TPSA) is 127 Å². The molecule has 0 bridgehead atoms. The van der Waals surface area contributed by atoms with Gasteiger partial charge in [0.1, 0.15) is 11.3 Å². The van der Waals surface area contributed by atoms with E-state index in [1.807, 2.05) is 72.5 Å². The zero-order valence-electron chi connectivity index (χ0n) is 28.8. The zero-order chi connectivity index (χ0) is 35.1. The van der Waals surface area contributed by atoms with Gasteiger partial charge in [-0.15, -0.1) is 11.3 Å². The average molecular weight is 704 g/mol. The van der Waals surface area contributed by atoms with E-state index in [1.165, 1.54) is 21.3 Å². The maximum atomic E-state index is 14.2. The lowest BCUT2D eigenvalue weighted by Gasteiger charge is -2.43. The number of rotatable bonds is 8. The van der Waals surface area contributed by atoms with Gasteiger partial charge in [0.25, 0.3) is 5.56 Å². The Morgan fingerprint density at radius 1 is 1.00 bits per heavy atom. The predicted molar refractivity (Wildman–Crippen MR) is 196 cm³/mol. The molecule has 2 fully saturated rings. The van der Waals surface area contributed by atoms with Gasteiger partial charge in [0, 0.05) is 86.0 Å². The second kappa shape index (κ2) is 13.6. The number of piperidine rings is 2. The van der Waals surface area contributed by atoms with Gasteiger partial charge in [0.05, 0.1) is 29.4 Å². The number of amides is 1. The van der Waals surface area contributed by atoms with Crippen LogP contribution in [0.5, 0.6) is 0 Å². The molecule has 0 spiro atoms. The van der Waals surface area contributed by atoms with E-state index in [0.717, 1.165) is 48.0 Å². The monoisotopic (exact) mass is 703 g/mol. The van der Waals surface area contributed by atoms with E-state index < -0.39 is 5.60 Å². The first-order valence-electron chi connectivity index (χ1n) is 17.4. The van der Waals surface area contributed by atoms with Crippen LogP contribution < -0.4 is 5.56 Å². The Morgan fingerprint density at radius 2 is 1.82 bits per heavy atom. The molecule has 1 N–H and O–H groups in total. The molecule has 0 unspecified atom stereocenters. The molecule has 2 saturated heterocycles. The maximum absolute atomic E-state index is 14.2. The average Bonchev–Trinajstić information content (AvgIpc) is 3.91. The molecule has 5 aromatic heterocycles. The van der Waals surface area contributed by atoms with Gasteiger partial charge in [-0.1, -0.05) is 30.3 Å². The highest BCUT2D eigenvalue weighted by Crippen LogP contribution is 2.37. The third kappa shape index (κ3) is 6.76. The van der Waals surface area contributed by atoms with Crippen LogP contribution in [0.1, 0.15) is 41.3 Å². The minimum absolute atomic E-state index is 0.0531. The largest absolute Gasteiger partial charge is 0.388 e. The molecule has 13 heteroatoms. The number of aliphatic hydroxyl groups is 1. The molecule has 6 aromatic rings. The molecule has 1 amide bonds. The summed E-state index contributed by atoms with van der Waals surface area (Å²) < 4.78 is 5.03. The van der Waals surface area contributed by atoms with Crippen LogP contribution >= 0.6 is 11.3 Å². The number of carbonyl (C=O) groups is 1. The number of likely N-dealkylation sites (tertiary alicyclic amines) is 2. The molecule has 8 rings (SSSR count). The number of benzene rings is 1. The molecule has 0 radical (unpaired) electrons. The van der Waals surface area contributed by atoms with Crippen molar-refractivity contribution in [3.8, 4) is 16.3 Å². The van der Waals surface area contributed by atoms with Gasteiger partial charge in [-0.3, -0.25) is 33.3 Å². The fraction of sp³-hybridized carbons (Fsp3) is 0.368. The van der Waals surface area contributed by atoms with E-state index in [4.69, 9.17) is 0 Å². The fourth-order valence-electron chi connectivity index (χ4n) is 7.59. The van der Waals surface area contributed by atoms with Crippen molar-refractivity contribution in [2.45, 2.75) is 50.8 Å². The first-order valence-corrected chi connectivity index (χ1v) is 18.3. The minimum Gasteiger partial charge on any atom is -0.388 e. The molecule has 12 nitrogen and oxygen atoms in total. The van der Waals surface area contributed by atoms with Crippen molar-refractivity contribution >= 4 is 28.3 Å². The van der Waals surface area contributed by atoms with Gasteiger partial charge < -0.3 is 10.0 Å². The summed E-state index contributed by atoms with van der Waals surface area (Å²) in [4.78, 5) is 46.9. The standard InChI is InChI=1S/C38H41N9O3S/c1-26-8-9-28(18-39-26)35-40-20-30(51-35)22-44-14-10-31(33(23-44)27-6-4-3-5-7-27)36(48)45-16-12-38(50,13-17-45)24-46-25-41-34-32(37(46)49)11-15-47(34)29-19-42-43(2)21-29/h3-9,11,15,18-21,25,31,33,50H,10,12-14,16-17,22-24H2,1-2H3/t31-,33+/m1/s1. The molecule has 7 heterocycles. The molecule has 2 aliphatic rings. The van der Waals surface area contributed by atoms with Crippen molar-refractivity contribution in [2.75, 3.05) is 26.2 Å². The van der Waals surface area contributed by atoms with Crippen LogP contribution in [0.2, 0.25) is 0 Å². The van der Waals surface area contributed by atoms with Crippen LogP contribution in [0.4, 0.5) is 0 Å². The van der Waals surface area contributed by atoms with E-state index in [9.17, 15) is 14.7 Å². The Morgan fingerprint density at radius 3 is 2.57 bits per heavy atom. The van der Waals surface area contributed by atoms with E-state index >= 15 is 0 Å². The van der Waals surface area contributed by atoms with Crippen LogP contribution in [-0.2, 0) is 24.9 Å². The first-order chi connectivity index (χ1) is 24.7. The predicted octanol–water partition coefficient (Wildman–Crippen LogP) is 4.41. The first kappa shape index (κ1) is 33.2. The van der Waals surface area contributed by atoms with Crippen LogP contribution in [0.3, 0.4) is 0 Å². The molecule has 51 heavy (non-hydrogen) atoms. The highest BCUT2D eigenvalue weighted by Gasteiger charge is 2.41. The molecule has 0 saturated carbocycles. The summed E-state index contributed by atoms with van der Waals surface area (Å²) in [5, 5.41) is 17.3. The second-order valence-electron chi connectivity index (χ2n) is 14.0. The number of nitrogens with zero attached hydrogens (tertiary/aromatic N) is 9. The SMILES string of the molecule is Cc1ccc(-c2ncc(CN3CC[C@@H](C(=O)N4CCC(O)(Cn5cnc6c(ccn6-c6cnn(C)c6)c5=O)CC4)[C@H](c4ccccc4)C3)s2)cn1. The minimum atomic E-state index is -1.12. The summed E-state index contributed by atoms with van der Waals surface area (Å²) in [6.45, 7) is 5.36. The van der Waals surface area contributed by atoms with Crippen LogP contribution in [0.25, 0.3) is 27.3 Å². The molecule has 0 aliphatic carbocycles. The van der Waals surface area contributed by atoms with Crippen LogP contribution in [0, 0.1) is 12.8 Å². The smallest absolute Gasteiger partial charge is 0.262 e. The van der Waals surface area contributed by atoms with Crippen LogP contribution in [0.15, 0.2) is 90.6 Å². The molecule has 262 valence electrons. The lowest BCUT2D eigenvalue weighted by molar-refractivity contribution is -0.142. The number of fused-ring (bicyclic) bond motifs is 1. The van der Waals surface area contributed by atoms with Gasteiger partial charge in [-0.2, -0.15) is 5.10 Å². The molecular formula is C38H41N9O3S. The summed E-state index contributed by atoms with van der Waals surface area (Å²) in [7, 11) is 1.84. The number of aromatic nitrogens is 7. The Hall–Kier alpha value is -4.98. The second-order valence-corrected chi connectivity index (χ2v) is 15.1. The highest BCUT2D eigenvalue weighted by atomic mass is 32.1. The van der Waals surface area contributed by atoms with Gasteiger partial charge in [-0.05, 0) is 56.5 Å². The van der Waals surface area contributed by atoms with Crippen molar-refractivity contribution in [3.63, 3.8) is 0 Å². The Bertz CT molecular complexity index is 2210. The van der Waals surface area contributed by atoms with Crippen molar-refractivity contribution in [1.29, 1.82) is 0 Å². The van der Waals surface area contributed by atoms with Gasteiger partial charge in [0.15, 0.2) is 5.65 Å². The third-order valence-corrected chi connectivity index (χ3v) is 11.5. The summed E-state index contributed by atoms with van der Waals surface area (Å²) in [5.74, 6) is 0.0513. The lowest BCUT2D eigenvalue weighted by atomic mass is 9.79. The summed E-state index contributed by atoms with van der Waals surface area (Å²) in [6.07, 6.45) is 12.3. The molecule has 2 atom stereocenters. The molecular weight excluding hydrogens is 663 g/mol. The number of aryl methyl sites for hydroxylation is 2. The summed E-state index contributed by atoms with van der Waals surface area (Å²) >= 11 is 1.69. The van der Waals surface area contributed by atoms with Gasteiger partial charge in [0.2, 0.25) is 5.91 Å². The number of carbonyl (C=O) groups excluding carboxylic acids is 1. The number of hydrogen-bond donors (Lipinski definition) is 1. The number of pyridine rings is 1. The normalized spacial score (nSPS) is 19.5. The number of hydrogen-bond acceptors (Lipinski definition) is 9. The Labute approximate surface area is 299 Å². The molecule has 1 aromatic carbocycles. The zero-order valence-corrected chi connectivity index (χ0v) is 29.6. The van der Waals surface area contributed by atoms with E-state index in [2.05, 4.69) is 43.1 Å². The summed E-state index contributed by atoms with van der Waals surface area (Å²) in [5.41, 5.74) is 3.23. The van der Waals surface area contributed by atoms with E-state index in [1.54, 1.807) is 28.3 Å². The quantitative estimate of drug-likeness (QED) is 0.247. The third-order valence-electron chi connectivity index (χ3n) is 10.4. The van der Waals surface area contributed by atoms with Crippen molar-refractivity contribution in [1.82, 2.24) is 43.7 Å². The Balaban J connectivity index is 0.928. The van der Waals surface area contributed by atoms with Crippen LogP contribution in [-0.4, -0.2) is 86.5 Å².